The molecule has 4 rings (SSSR count). The summed E-state index contributed by atoms with van der Waals surface area (Å²) in [4.78, 5) is 11.5. The highest BCUT2D eigenvalue weighted by Gasteiger charge is 2.19. The van der Waals surface area contributed by atoms with Crippen LogP contribution in [-0.2, 0) is 0 Å². The SMILES string of the molecule is N#Cc1cccc(N2CCNCC2)c1-c1ncc2ccccc2n1. The second-order valence-corrected chi connectivity index (χ2v) is 5.80. The van der Waals surface area contributed by atoms with Crippen molar-refractivity contribution in [3.63, 3.8) is 0 Å². The Kier molecular flexibility index (Phi) is 3.81. The maximum Gasteiger partial charge on any atom is 0.163 e. The van der Waals surface area contributed by atoms with E-state index in [-0.39, 0.29) is 0 Å². The fourth-order valence-corrected chi connectivity index (χ4v) is 3.13. The van der Waals surface area contributed by atoms with E-state index in [0.717, 1.165) is 48.3 Å². The smallest absolute Gasteiger partial charge is 0.163 e. The molecule has 1 fully saturated rings. The zero-order valence-corrected chi connectivity index (χ0v) is 13.2. The molecular formula is C19H17N5. The molecular weight excluding hydrogens is 298 g/mol. The van der Waals surface area contributed by atoms with Gasteiger partial charge in [0.1, 0.15) is 0 Å². The van der Waals surface area contributed by atoms with E-state index in [1.807, 2.05) is 42.6 Å². The molecule has 1 aliphatic rings. The number of hydrogen-bond donors (Lipinski definition) is 1. The third-order valence-electron chi connectivity index (χ3n) is 4.33. The van der Waals surface area contributed by atoms with Gasteiger partial charge in [-0.3, -0.25) is 0 Å². The Morgan fingerprint density at radius 3 is 2.71 bits per heavy atom. The molecule has 0 radical (unpaired) electrons. The zero-order chi connectivity index (χ0) is 16.4. The maximum absolute atomic E-state index is 9.58. The lowest BCUT2D eigenvalue weighted by atomic mass is 10.0. The van der Waals surface area contributed by atoms with Crippen LogP contribution in [0, 0.1) is 11.3 Å². The van der Waals surface area contributed by atoms with Crippen LogP contribution in [0.2, 0.25) is 0 Å². The van der Waals surface area contributed by atoms with Crippen LogP contribution in [0.1, 0.15) is 5.56 Å². The van der Waals surface area contributed by atoms with Crippen molar-refractivity contribution >= 4 is 16.6 Å². The summed E-state index contributed by atoms with van der Waals surface area (Å²) < 4.78 is 0. The van der Waals surface area contributed by atoms with Gasteiger partial charge in [0.2, 0.25) is 0 Å². The number of piperazine rings is 1. The number of nitrogens with zero attached hydrogens (tertiary/aromatic N) is 4. The van der Waals surface area contributed by atoms with Gasteiger partial charge >= 0.3 is 0 Å². The van der Waals surface area contributed by atoms with Gasteiger partial charge in [0.15, 0.2) is 5.82 Å². The minimum absolute atomic E-state index is 0.611. The van der Waals surface area contributed by atoms with Crippen molar-refractivity contribution in [3.05, 3.63) is 54.2 Å². The summed E-state index contributed by atoms with van der Waals surface area (Å²) in [5.41, 5.74) is 3.36. The Morgan fingerprint density at radius 1 is 1.04 bits per heavy atom. The average molecular weight is 315 g/mol. The standard InChI is InChI=1S/C19H17N5/c20-12-14-5-3-7-17(24-10-8-21-9-11-24)18(14)19-22-13-15-4-1-2-6-16(15)23-19/h1-7,13,21H,8-11H2. The van der Waals surface area contributed by atoms with Crippen molar-refractivity contribution in [3.8, 4) is 17.5 Å². The largest absolute Gasteiger partial charge is 0.368 e. The van der Waals surface area contributed by atoms with Crippen molar-refractivity contribution in [2.75, 3.05) is 31.1 Å². The first-order chi connectivity index (χ1) is 11.9. The van der Waals surface area contributed by atoms with E-state index in [4.69, 9.17) is 4.98 Å². The summed E-state index contributed by atoms with van der Waals surface area (Å²) in [5, 5.41) is 13.9. The predicted molar refractivity (Wildman–Crippen MR) is 94.8 cm³/mol. The van der Waals surface area contributed by atoms with Gasteiger partial charge in [-0.25, -0.2) is 9.97 Å². The molecule has 118 valence electrons. The van der Waals surface area contributed by atoms with E-state index in [9.17, 15) is 5.26 Å². The van der Waals surface area contributed by atoms with E-state index >= 15 is 0 Å². The van der Waals surface area contributed by atoms with Gasteiger partial charge in [0, 0.05) is 43.4 Å². The van der Waals surface area contributed by atoms with Gasteiger partial charge < -0.3 is 10.2 Å². The number of fused-ring (bicyclic) bond motifs is 1. The third-order valence-corrected chi connectivity index (χ3v) is 4.33. The molecule has 2 heterocycles. The van der Waals surface area contributed by atoms with Crippen LogP contribution in [-0.4, -0.2) is 36.1 Å². The lowest BCUT2D eigenvalue weighted by Crippen LogP contribution is -2.43. The van der Waals surface area contributed by atoms with Crippen molar-refractivity contribution in [1.29, 1.82) is 5.26 Å². The lowest BCUT2D eigenvalue weighted by Gasteiger charge is -2.31. The van der Waals surface area contributed by atoms with Gasteiger partial charge in [-0.1, -0.05) is 24.3 Å². The van der Waals surface area contributed by atoms with Crippen molar-refractivity contribution < 1.29 is 0 Å². The second kappa shape index (κ2) is 6.26. The Hall–Kier alpha value is -2.97. The number of para-hydroxylation sites is 1. The molecule has 0 atom stereocenters. The maximum atomic E-state index is 9.58. The molecule has 3 aromatic rings. The molecule has 2 aromatic carbocycles. The van der Waals surface area contributed by atoms with E-state index in [1.165, 1.54) is 0 Å². The van der Waals surface area contributed by atoms with Gasteiger partial charge in [0.25, 0.3) is 0 Å². The van der Waals surface area contributed by atoms with E-state index in [1.54, 1.807) is 0 Å². The van der Waals surface area contributed by atoms with Crippen LogP contribution in [0.3, 0.4) is 0 Å². The minimum Gasteiger partial charge on any atom is -0.368 e. The summed E-state index contributed by atoms with van der Waals surface area (Å²) in [7, 11) is 0. The Labute approximate surface area is 140 Å². The van der Waals surface area contributed by atoms with Crippen molar-refractivity contribution in [2.45, 2.75) is 0 Å². The predicted octanol–water partition coefficient (Wildman–Crippen LogP) is 2.58. The van der Waals surface area contributed by atoms with Crippen molar-refractivity contribution in [2.24, 2.45) is 0 Å². The molecule has 1 N–H and O–H groups in total. The molecule has 5 heteroatoms. The zero-order valence-electron chi connectivity index (χ0n) is 13.2. The van der Waals surface area contributed by atoms with Gasteiger partial charge in [-0.15, -0.1) is 0 Å². The molecule has 0 amide bonds. The number of aromatic nitrogens is 2. The quantitative estimate of drug-likeness (QED) is 0.787. The molecule has 0 spiro atoms. The lowest BCUT2D eigenvalue weighted by molar-refractivity contribution is 0.589. The highest BCUT2D eigenvalue weighted by molar-refractivity contribution is 5.84. The van der Waals surface area contributed by atoms with Crippen molar-refractivity contribution in [1.82, 2.24) is 15.3 Å². The molecule has 0 bridgehead atoms. The van der Waals surface area contributed by atoms with Crippen LogP contribution in [0.5, 0.6) is 0 Å². The topological polar surface area (TPSA) is 64.8 Å². The minimum atomic E-state index is 0.611. The average Bonchev–Trinajstić information content (AvgIpc) is 2.67. The first-order valence-corrected chi connectivity index (χ1v) is 8.08. The number of benzene rings is 2. The third kappa shape index (κ3) is 2.57. The normalized spacial score (nSPS) is 14.5. The van der Waals surface area contributed by atoms with Gasteiger partial charge in [0.05, 0.1) is 22.7 Å². The monoisotopic (exact) mass is 315 g/mol. The Morgan fingerprint density at radius 2 is 1.88 bits per heavy atom. The second-order valence-electron chi connectivity index (χ2n) is 5.80. The number of nitrogens with one attached hydrogen (secondary N) is 1. The summed E-state index contributed by atoms with van der Waals surface area (Å²) in [6, 6.07) is 16.0. The molecule has 24 heavy (non-hydrogen) atoms. The molecule has 1 aliphatic heterocycles. The fourth-order valence-electron chi connectivity index (χ4n) is 3.13. The Bertz CT molecular complexity index is 922. The summed E-state index contributed by atoms with van der Waals surface area (Å²) in [6.45, 7) is 3.70. The molecule has 0 unspecified atom stereocenters. The number of hydrogen-bond acceptors (Lipinski definition) is 5. The summed E-state index contributed by atoms with van der Waals surface area (Å²) in [5.74, 6) is 0.611. The van der Waals surface area contributed by atoms with Crippen LogP contribution in [0.4, 0.5) is 5.69 Å². The Balaban J connectivity index is 1.89. The number of anilines is 1. The van der Waals surface area contributed by atoms with E-state index < -0.39 is 0 Å². The molecule has 0 saturated carbocycles. The highest BCUT2D eigenvalue weighted by Crippen LogP contribution is 2.32. The molecule has 1 saturated heterocycles. The summed E-state index contributed by atoms with van der Waals surface area (Å²) in [6.07, 6.45) is 1.83. The summed E-state index contributed by atoms with van der Waals surface area (Å²) >= 11 is 0. The van der Waals surface area contributed by atoms with Gasteiger partial charge in [-0.05, 0) is 18.2 Å². The molecule has 0 aliphatic carbocycles. The van der Waals surface area contributed by atoms with Gasteiger partial charge in [-0.2, -0.15) is 5.26 Å². The van der Waals surface area contributed by atoms with E-state index in [2.05, 4.69) is 27.3 Å². The first kappa shape index (κ1) is 14.6. The number of nitriles is 1. The highest BCUT2D eigenvalue weighted by atomic mass is 15.2. The molecule has 5 nitrogen and oxygen atoms in total. The van der Waals surface area contributed by atoms with Crippen LogP contribution in [0.15, 0.2) is 48.7 Å². The fraction of sp³-hybridized carbons (Fsp3) is 0.211. The van der Waals surface area contributed by atoms with E-state index in [0.29, 0.717) is 11.4 Å². The number of rotatable bonds is 2. The first-order valence-electron chi connectivity index (χ1n) is 8.08. The molecule has 1 aromatic heterocycles. The van der Waals surface area contributed by atoms with Crippen LogP contribution >= 0.6 is 0 Å². The van der Waals surface area contributed by atoms with Crippen LogP contribution < -0.4 is 10.2 Å². The van der Waals surface area contributed by atoms with Crippen LogP contribution in [0.25, 0.3) is 22.3 Å².